The van der Waals surface area contributed by atoms with Crippen molar-refractivity contribution in [2.75, 3.05) is 13.1 Å². The van der Waals surface area contributed by atoms with Gasteiger partial charge in [0, 0.05) is 11.5 Å². The minimum atomic E-state index is -0.480. The van der Waals surface area contributed by atoms with Crippen molar-refractivity contribution in [1.82, 2.24) is 5.32 Å². The van der Waals surface area contributed by atoms with Gasteiger partial charge in [0.25, 0.3) is 0 Å². The summed E-state index contributed by atoms with van der Waals surface area (Å²) in [7, 11) is 0. The molecule has 0 bridgehead atoms. The van der Waals surface area contributed by atoms with E-state index in [9.17, 15) is 9.59 Å². The van der Waals surface area contributed by atoms with Crippen molar-refractivity contribution in [1.29, 1.82) is 0 Å². The third kappa shape index (κ3) is 3.15. The maximum atomic E-state index is 13.6. The summed E-state index contributed by atoms with van der Waals surface area (Å²) in [5, 5.41) is 8.01. The van der Waals surface area contributed by atoms with E-state index in [1.807, 2.05) is 51.1 Å². The molecule has 154 valence electrons. The number of quaternary nitrogens is 1. The van der Waals surface area contributed by atoms with Crippen LogP contribution in [0.25, 0.3) is 0 Å². The maximum Gasteiger partial charge on any atom is 0.549 e. The Labute approximate surface area is 172 Å². The van der Waals surface area contributed by atoms with Crippen molar-refractivity contribution in [3.63, 3.8) is 0 Å². The smallest absolute Gasteiger partial charge is 0.413 e. The van der Waals surface area contributed by atoms with E-state index in [0.717, 1.165) is 43.5 Å². The van der Waals surface area contributed by atoms with Gasteiger partial charge in [-0.25, -0.2) is 0 Å². The number of hydrogen-bond acceptors (Lipinski definition) is 5. The zero-order valence-corrected chi connectivity index (χ0v) is 17.5. The molecular formula is C23H30N3O3+. The van der Waals surface area contributed by atoms with Crippen LogP contribution in [0.2, 0.25) is 0 Å². The quantitative estimate of drug-likeness (QED) is 0.790. The molecule has 1 saturated heterocycles. The first-order chi connectivity index (χ1) is 13.9. The first-order valence-corrected chi connectivity index (χ1v) is 10.5. The second-order valence-electron chi connectivity index (χ2n) is 8.81. The van der Waals surface area contributed by atoms with Gasteiger partial charge in [0.2, 0.25) is 11.5 Å². The molecule has 4 rings (SSSR count). The normalized spacial score (nSPS) is 28.1. The van der Waals surface area contributed by atoms with Crippen molar-refractivity contribution < 1.29 is 18.9 Å². The van der Waals surface area contributed by atoms with Crippen LogP contribution in [0.4, 0.5) is 4.79 Å². The van der Waals surface area contributed by atoms with Crippen LogP contribution in [-0.4, -0.2) is 41.8 Å². The third-order valence-corrected chi connectivity index (χ3v) is 6.96. The van der Waals surface area contributed by atoms with Gasteiger partial charge in [0.15, 0.2) is 0 Å². The Morgan fingerprint density at radius 3 is 2.62 bits per heavy atom. The summed E-state index contributed by atoms with van der Waals surface area (Å²) in [6.07, 6.45) is 4.04. The molecule has 0 radical (unpaired) electrons. The Bertz CT molecular complexity index is 869. The molecule has 0 aromatic heterocycles. The number of Topliss-reactive ketones (excluding diaryl/α,β-unsaturated/α-hetero) is 1. The first kappa shape index (κ1) is 20.0. The van der Waals surface area contributed by atoms with Crippen LogP contribution in [0.3, 0.4) is 0 Å². The van der Waals surface area contributed by atoms with Crippen molar-refractivity contribution in [3.8, 4) is 0 Å². The largest absolute Gasteiger partial charge is 0.549 e. The number of hydrogen-bond donors (Lipinski definition) is 1. The highest BCUT2D eigenvalue weighted by molar-refractivity contribution is 6.05. The molecule has 0 saturated carbocycles. The highest BCUT2D eigenvalue weighted by atomic mass is 16.6. The molecule has 1 aromatic rings. The van der Waals surface area contributed by atoms with E-state index in [2.05, 4.69) is 10.4 Å². The van der Waals surface area contributed by atoms with E-state index in [1.165, 1.54) is 0 Å². The van der Waals surface area contributed by atoms with Gasteiger partial charge >= 0.3 is 6.09 Å². The minimum Gasteiger partial charge on any atom is -0.413 e. The fraction of sp³-hybridized carbons (Fsp3) is 0.522. The zero-order valence-electron chi connectivity index (χ0n) is 17.5. The standard InChI is InChI=1S/C23H30N3O3/c1-16(2)26(22(28)29-15-18-7-5-4-6-8-18)20-19(14-25-26)13-23(17(3)21(20)27)9-11-24-12-10-23/h4-8,14,16-17,24H,9-13,15H2,1-3H3/q+1. The molecule has 6 nitrogen and oxygen atoms in total. The molecule has 1 aromatic carbocycles. The van der Waals surface area contributed by atoms with Crippen LogP contribution in [-0.2, 0) is 16.1 Å². The van der Waals surface area contributed by atoms with Crippen LogP contribution in [0, 0.1) is 11.3 Å². The van der Waals surface area contributed by atoms with Gasteiger partial charge in [-0.05, 0) is 57.2 Å². The van der Waals surface area contributed by atoms with Crippen LogP contribution in [0.1, 0.15) is 45.6 Å². The Morgan fingerprint density at radius 2 is 1.97 bits per heavy atom. The zero-order chi connectivity index (χ0) is 20.6. The minimum absolute atomic E-state index is 0.0297. The van der Waals surface area contributed by atoms with Gasteiger partial charge < -0.3 is 10.1 Å². The lowest BCUT2D eigenvalue weighted by atomic mass is 9.61. The Hall–Kier alpha value is -2.31. The fourth-order valence-corrected chi connectivity index (χ4v) is 5.06. The van der Waals surface area contributed by atoms with E-state index in [4.69, 9.17) is 4.74 Å². The molecule has 1 N–H and O–H groups in total. The molecule has 2 atom stereocenters. The molecule has 1 aliphatic carbocycles. The summed E-state index contributed by atoms with van der Waals surface area (Å²) < 4.78 is 5.29. The van der Waals surface area contributed by atoms with E-state index in [0.29, 0.717) is 5.70 Å². The van der Waals surface area contributed by atoms with Crippen molar-refractivity contribution in [3.05, 3.63) is 47.2 Å². The monoisotopic (exact) mass is 396 g/mol. The number of amides is 1. The molecule has 29 heavy (non-hydrogen) atoms. The molecule has 1 fully saturated rings. The number of rotatable bonds is 3. The summed E-state index contributed by atoms with van der Waals surface area (Å²) in [5.74, 6) is -0.0702. The molecule has 1 amide bonds. The van der Waals surface area contributed by atoms with E-state index < -0.39 is 6.09 Å². The van der Waals surface area contributed by atoms with E-state index in [-0.39, 0.29) is 34.4 Å². The Balaban J connectivity index is 1.65. The number of benzene rings is 1. The lowest BCUT2D eigenvalue weighted by Gasteiger charge is -2.45. The fourth-order valence-electron chi connectivity index (χ4n) is 5.06. The van der Waals surface area contributed by atoms with E-state index in [1.54, 1.807) is 6.21 Å². The lowest BCUT2D eigenvalue weighted by molar-refractivity contribution is -0.842. The molecule has 2 heterocycles. The summed E-state index contributed by atoms with van der Waals surface area (Å²) in [6.45, 7) is 7.90. The van der Waals surface area contributed by atoms with Crippen molar-refractivity contribution >= 4 is 18.1 Å². The molecule has 6 heteroatoms. The second kappa shape index (κ2) is 7.50. The van der Waals surface area contributed by atoms with Gasteiger partial charge in [-0.1, -0.05) is 46.9 Å². The number of carbonyl (C=O) groups is 2. The number of ether oxygens (including phenoxy) is 1. The van der Waals surface area contributed by atoms with Crippen LogP contribution in [0.5, 0.6) is 0 Å². The summed E-state index contributed by atoms with van der Waals surface area (Å²) >= 11 is 0. The van der Waals surface area contributed by atoms with Gasteiger partial charge in [-0.3, -0.25) is 4.79 Å². The summed E-state index contributed by atoms with van der Waals surface area (Å²) in [4.78, 5) is 26.9. The average molecular weight is 397 g/mol. The first-order valence-electron chi connectivity index (χ1n) is 10.5. The van der Waals surface area contributed by atoms with Gasteiger partial charge in [-0.2, -0.15) is 4.79 Å². The summed E-state index contributed by atoms with van der Waals surface area (Å²) in [6, 6.07) is 9.36. The van der Waals surface area contributed by atoms with Gasteiger partial charge in [0.05, 0.1) is 6.21 Å². The van der Waals surface area contributed by atoms with Crippen LogP contribution < -0.4 is 5.32 Å². The lowest BCUT2D eigenvalue weighted by Crippen LogP contribution is -2.56. The number of allylic oxidation sites excluding steroid dienone is 2. The molecule has 2 unspecified atom stereocenters. The number of piperidine rings is 1. The molecule has 3 aliphatic rings. The number of ketones is 1. The average Bonchev–Trinajstić information content (AvgIpc) is 3.12. The van der Waals surface area contributed by atoms with Crippen molar-refractivity contribution in [2.45, 2.75) is 52.7 Å². The molecular weight excluding hydrogens is 366 g/mol. The molecule has 2 aliphatic heterocycles. The maximum absolute atomic E-state index is 13.6. The SMILES string of the molecule is CC1C(=O)C2=C(C=N[N+]2(C(=O)OCc2ccccc2)C(C)C)CC12CCNCC2. The highest BCUT2D eigenvalue weighted by Crippen LogP contribution is 2.51. The van der Waals surface area contributed by atoms with Gasteiger partial charge in [-0.15, -0.1) is 0 Å². The highest BCUT2D eigenvalue weighted by Gasteiger charge is 2.60. The van der Waals surface area contributed by atoms with Gasteiger partial charge in [0.1, 0.15) is 12.6 Å². The Kier molecular flexibility index (Phi) is 5.17. The Morgan fingerprint density at radius 1 is 1.28 bits per heavy atom. The topological polar surface area (TPSA) is 67.8 Å². The van der Waals surface area contributed by atoms with E-state index >= 15 is 0 Å². The predicted molar refractivity (Wildman–Crippen MR) is 111 cm³/mol. The number of nitrogens with zero attached hydrogens (tertiary/aromatic N) is 2. The van der Waals surface area contributed by atoms with Crippen molar-refractivity contribution in [2.24, 2.45) is 16.4 Å². The summed E-state index contributed by atoms with van der Waals surface area (Å²) in [5.41, 5.74) is 2.32. The third-order valence-electron chi connectivity index (χ3n) is 6.96. The van der Waals surface area contributed by atoms with Crippen LogP contribution >= 0.6 is 0 Å². The number of nitrogens with one attached hydrogen (secondary N) is 1. The molecule has 1 spiro atoms. The van der Waals surface area contributed by atoms with Crippen LogP contribution in [0.15, 0.2) is 46.7 Å². The second-order valence-corrected chi connectivity index (χ2v) is 8.81. The predicted octanol–water partition coefficient (Wildman–Crippen LogP) is 3.78. The number of carbonyl (C=O) groups excluding carboxylic acids is 2.